The number of piperazine rings is 1. The lowest BCUT2D eigenvalue weighted by Crippen LogP contribution is -2.52. The van der Waals surface area contributed by atoms with Crippen LogP contribution in [0.4, 0.5) is 11.4 Å². The van der Waals surface area contributed by atoms with E-state index >= 15 is 0 Å². The van der Waals surface area contributed by atoms with Crippen molar-refractivity contribution in [2.45, 2.75) is 25.8 Å². The fraction of sp³-hybridized carbons (Fsp3) is 0.346. The molecule has 3 heterocycles. The largest absolute Gasteiger partial charge is 0.368 e. The van der Waals surface area contributed by atoms with E-state index in [2.05, 4.69) is 36.9 Å². The summed E-state index contributed by atoms with van der Waals surface area (Å²) in [6.45, 7) is 9.06. The van der Waals surface area contributed by atoms with E-state index in [1.165, 1.54) is 28.6 Å². The fourth-order valence-electron chi connectivity index (χ4n) is 4.67. The highest BCUT2D eigenvalue weighted by molar-refractivity contribution is 8.00. The molecule has 3 aromatic rings. The van der Waals surface area contributed by atoms with Crippen molar-refractivity contribution in [1.29, 1.82) is 0 Å². The minimum Gasteiger partial charge on any atom is -0.368 e. The Bertz CT molecular complexity index is 1230. The predicted octanol–water partition coefficient (Wildman–Crippen LogP) is 3.59. The zero-order valence-electron chi connectivity index (χ0n) is 19.8. The number of fused-ring (bicyclic) bond motifs is 1. The average Bonchev–Trinajstić information content (AvgIpc) is 3.19. The number of hydrogen-bond donors (Lipinski definition) is 0. The topological polar surface area (TPSA) is 61.7 Å². The molecular formula is C26H29N5O2S. The number of anilines is 2. The molecule has 1 fully saturated rings. The van der Waals surface area contributed by atoms with Gasteiger partial charge in [-0.15, -0.1) is 0 Å². The summed E-state index contributed by atoms with van der Waals surface area (Å²) in [6, 6.07) is 16.4. The zero-order valence-corrected chi connectivity index (χ0v) is 20.6. The van der Waals surface area contributed by atoms with Gasteiger partial charge >= 0.3 is 0 Å². The molecule has 5 rings (SSSR count). The average molecular weight is 476 g/mol. The first kappa shape index (κ1) is 22.5. The number of benzene rings is 2. The summed E-state index contributed by atoms with van der Waals surface area (Å²) in [6.07, 6.45) is 0. The molecule has 1 saturated heterocycles. The molecule has 1 aromatic heterocycles. The van der Waals surface area contributed by atoms with Crippen molar-refractivity contribution in [3.63, 3.8) is 0 Å². The summed E-state index contributed by atoms with van der Waals surface area (Å²) in [5.41, 5.74) is 6.19. The molecule has 2 aliphatic rings. The van der Waals surface area contributed by atoms with Gasteiger partial charge in [-0.3, -0.25) is 14.5 Å². The number of thioether (sulfide) groups is 1. The van der Waals surface area contributed by atoms with Gasteiger partial charge in [-0.2, -0.15) is 5.10 Å². The highest BCUT2D eigenvalue weighted by Crippen LogP contribution is 2.39. The lowest BCUT2D eigenvalue weighted by molar-refractivity contribution is -0.131. The van der Waals surface area contributed by atoms with Crippen molar-refractivity contribution in [1.82, 2.24) is 14.7 Å². The van der Waals surface area contributed by atoms with E-state index in [1.807, 2.05) is 46.8 Å². The number of aromatic nitrogens is 2. The van der Waals surface area contributed by atoms with Gasteiger partial charge in [0.15, 0.2) is 0 Å². The molecule has 0 bridgehead atoms. The maximum Gasteiger partial charge on any atom is 0.242 e. The number of nitrogens with zero attached hydrogens (tertiary/aromatic N) is 5. The van der Waals surface area contributed by atoms with Crippen LogP contribution in [0.25, 0.3) is 5.69 Å². The number of carbonyl (C=O) groups excluding carboxylic acids is 2. The van der Waals surface area contributed by atoms with Crippen LogP contribution in [0.1, 0.15) is 16.8 Å². The third kappa shape index (κ3) is 4.18. The maximum atomic E-state index is 13.3. The molecule has 8 heteroatoms. The molecule has 2 aromatic carbocycles. The summed E-state index contributed by atoms with van der Waals surface area (Å²) in [5.74, 6) is 0.243. The summed E-state index contributed by atoms with van der Waals surface area (Å²) >= 11 is 1.48. The van der Waals surface area contributed by atoms with Crippen LogP contribution in [0.15, 0.2) is 53.6 Å². The predicted molar refractivity (Wildman–Crippen MR) is 136 cm³/mol. The first-order valence-corrected chi connectivity index (χ1v) is 12.6. The Balaban J connectivity index is 1.31. The lowest BCUT2D eigenvalue weighted by atomic mass is 10.1. The van der Waals surface area contributed by atoms with Gasteiger partial charge in [0.25, 0.3) is 0 Å². The Morgan fingerprint density at radius 2 is 1.74 bits per heavy atom. The minimum atomic E-state index is -0.0458. The summed E-state index contributed by atoms with van der Waals surface area (Å²) in [5, 5.41) is 5.61. The quantitative estimate of drug-likeness (QED) is 0.577. The number of amides is 2. The molecule has 2 aliphatic heterocycles. The Hall–Kier alpha value is -3.26. The Morgan fingerprint density at radius 3 is 2.47 bits per heavy atom. The van der Waals surface area contributed by atoms with Gasteiger partial charge in [-0.1, -0.05) is 42.1 Å². The number of rotatable bonds is 4. The molecule has 176 valence electrons. The van der Waals surface area contributed by atoms with E-state index in [1.54, 1.807) is 4.90 Å². The number of hydrogen-bond acceptors (Lipinski definition) is 5. The third-order valence-electron chi connectivity index (χ3n) is 6.52. The van der Waals surface area contributed by atoms with E-state index in [0.29, 0.717) is 18.8 Å². The van der Waals surface area contributed by atoms with Crippen LogP contribution in [0, 0.1) is 20.8 Å². The molecule has 0 aliphatic carbocycles. The van der Waals surface area contributed by atoms with Crippen LogP contribution >= 0.6 is 11.8 Å². The number of para-hydroxylation sites is 1. The molecule has 0 radical (unpaired) electrons. The Morgan fingerprint density at radius 1 is 1.00 bits per heavy atom. The van der Waals surface area contributed by atoms with Gasteiger partial charge in [0.2, 0.25) is 11.8 Å². The van der Waals surface area contributed by atoms with Crippen LogP contribution in [0.2, 0.25) is 0 Å². The van der Waals surface area contributed by atoms with Gasteiger partial charge in [0.05, 0.1) is 22.8 Å². The van der Waals surface area contributed by atoms with Crippen LogP contribution in [0.3, 0.4) is 0 Å². The highest BCUT2D eigenvalue weighted by atomic mass is 32.2. The molecule has 0 unspecified atom stereocenters. The van der Waals surface area contributed by atoms with E-state index in [0.717, 1.165) is 35.2 Å². The minimum absolute atomic E-state index is 0.0151. The first-order chi connectivity index (χ1) is 16.4. The fourth-order valence-corrected chi connectivity index (χ4v) is 5.75. The lowest BCUT2D eigenvalue weighted by Gasteiger charge is -2.38. The maximum absolute atomic E-state index is 13.3. The molecule has 0 saturated carbocycles. The summed E-state index contributed by atoms with van der Waals surface area (Å²) < 4.78 is 1.88. The van der Waals surface area contributed by atoms with Gasteiger partial charge in [0.1, 0.15) is 11.6 Å². The van der Waals surface area contributed by atoms with E-state index in [4.69, 9.17) is 5.10 Å². The van der Waals surface area contributed by atoms with Crippen LogP contribution < -0.4 is 9.80 Å². The van der Waals surface area contributed by atoms with E-state index in [9.17, 15) is 9.59 Å². The SMILES string of the molecule is Cc1ccc(C)c(N2CCN(C(=O)CN3C(=O)CSc4c3c(C)nn4-c3ccccc3)CC2)c1. The summed E-state index contributed by atoms with van der Waals surface area (Å²) in [4.78, 5) is 32.0. The second-order valence-electron chi connectivity index (χ2n) is 8.91. The van der Waals surface area contributed by atoms with Crippen molar-refractivity contribution in [2.24, 2.45) is 0 Å². The molecule has 0 atom stereocenters. The Labute approximate surface area is 204 Å². The second kappa shape index (κ2) is 9.18. The summed E-state index contributed by atoms with van der Waals surface area (Å²) in [7, 11) is 0. The zero-order chi connectivity index (χ0) is 23.8. The monoisotopic (exact) mass is 475 g/mol. The van der Waals surface area contributed by atoms with Gasteiger partial charge in [-0.25, -0.2) is 4.68 Å². The van der Waals surface area contributed by atoms with E-state index in [-0.39, 0.29) is 18.4 Å². The standard InChI is InChI=1S/C26H29N5O2S/c1-18-9-10-19(2)22(15-18)28-11-13-29(14-12-28)23(32)16-30-24(33)17-34-26-25(30)20(3)27-31(26)21-7-5-4-6-8-21/h4-10,15H,11-14,16-17H2,1-3H3. The number of aryl methyl sites for hydroxylation is 3. The smallest absolute Gasteiger partial charge is 0.242 e. The highest BCUT2D eigenvalue weighted by Gasteiger charge is 2.34. The third-order valence-corrected chi connectivity index (χ3v) is 7.55. The van der Waals surface area contributed by atoms with Crippen molar-refractivity contribution in [3.05, 3.63) is 65.4 Å². The first-order valence-electron chi connectivity index (χ1n) is 11.6. The molecule has 2 amide bonds. The molecule has 7 nitrogen and oxygen atoms in total. The molecular weight excluding hydrogens is 446 g/mol. The van der Waals surface area contributed by atoms with Gasteiger partial charge in [0, 0.05) is 31.9 Å². The van der Waals surface area contributed by atoms with Crippen molar-refractivity contribution in [2.75, 3.05) is 48.3 Å². The van der Waals surface area contributed by atoms with Crippen LogP contribution in [0.5, 0.6) is 0 Å². The van der Waals surface area contributed by atoms with Gasteiger partial charge < -0.3 is 9.80 Å². The Kier molecular flexibility index (Phi) is 6.08. The van der Waals surface area contributed by atoms with Gasteiger partial charge in [-0.05, 0) is 50.1 Å². The van der Waals surface area contributed by atoms with Crippen molar-refractivity contribution < 1.29 is 9.59 Å². The van der Waals surface area contributed by atoms with Crippen molar-refractivity contribution in [3.8, 4) is 5.69 Å². The second-order valence-corrected chi connectivity index (χ2v) is 9.88. The van der Waals surface area contributed by atoms with Crippen molar-refractivity contribution >= 4 is 35.0 Å². The number of carbonyl (C=O) groups is 2. The van der Waals surface area contributed by atoms with Crippen LogP contribution in [-0.2, 0) is 9.59 Å². The molecule has 0 N–H and O–H groups in total. The van der Waals surface area contributed by atoms with Crippen LogP contribution in [-0.4, -0.2) is 65.0 Å². The molecule has 0 spiro atoms. The molecule has 34 heavy (non-hydrogen) atoms. The normalized spacial score (nSPS) is 16.1. The van der Waals surface area contributed by atoms with E-state index < -0.39 is 0 Å².